The van der Waals surface area contributed by atoms with E-state index >= 15 is 0 Å². The molecule has 4 nitrogen and oxygen atoms in total. The number of carbonyl (C=O) groups excluding carboxylic acids is 2. The van der Waals surface area contributed by atoms with Gasteiger partial charge in [0.25, 0.3) is 0 Å². The quantitative estimate of drug-likeness (QED) is 0.480. The Morgan fingerprint density at radius 1 is 0.923 bits per heavy atom. The number of rotatable bonds is 9. The van der Waals surface area contributed by atoms with Gasteiger partial charge in [0.2, 0.25) is 0 Å². The lowest BCUT2D eigenvalue weighted by Crippen LogP contribution is -2.49. The molecule has 150 valence electrons. The van der Waals surface area contributed by atoms with Gasteiger partial charge in [-0.2, -0.15) is 0 Å². The minimum absolute atomic E-state index is 0.159. The van der Waals surface area contributed by atoms with Gasteiger partial charge in [0, 0.05) is 24.4 Å². The smallest absolute Gasteiger partial charge is 0.410 e. The van der Waals surface area contributed by atoms with Crippen LogP contribution in [-0.4, -0.2) is 34.5 Å². The molecule has 2 fully saturated rings. The number of hydrogen-bond acceptors (Lipinski definition) is 3. The normalized spacial score (nSPS) is 25.4. The molecule has 2 rings (SSSR count). The topological polar surface area (TPSA) is 46.6 Å². The molecule has 0 spiro atoms. The highest BCUT2D eigenvalue weighted by Crippen LogP contribution is 2.40. The number of piperidine rings is 1. The zero-order valence-corrected chi connectivity index (χ0v) is 17.4. The molecule has 0 saturated carbocycles. The Kier molecular flexibility index (Phi) is 7.97. The predicted octanol–water partition coefficient (Wildman–Crippen LogP) is 5.87. The maximum atomic E-state index is 12.6. The molecule has 0 aromatic heterocycles. The molecular formula is C22H39NO3. The lowest BCUT2D eigenvalue weighted by molar-refractivity contribution is -0.125. The Morgan fingerprint density at radius 3 is 2.00 bits per heavy atom. The molecule has 4 heteroatoms. The summed E-state index contributed by atoms with van der Waals surface area (Å²) in [6, 6.07) is 0.401. The van der Waals surface area contributed by atoms with Crippen molar-refractivity contribution in [1.82, 2.24) is 4.90 Å². The van der Waals surface area contributed by atoms with Gasteiger partial charge in [0.05, 0.1) is 0 Å². The lowest BCUT2D eigenvalue weighted by Gasteiger charge is -2.39. The van der Waals surface area contributed by atoms with Crippen LogP contribution in [0.2, 0.25) is 0 Å². The summed E-state index contributed by atoms with van der Waals surface area (Å²) in [5.41, 5.74) is -0.458. The molecule has 0 aromatic carbocycles. The van der Waals surface area contributed by atoms with E-state index in [0.717, 1.165) is 38.5 Å². The van der Waals surface area contributed by atoms with Crippen LogP contribution in [0.3, 0.4) is 0 Å². The SMILES string of the molecule is CCCCCCCCCC(=O)C1CC2CCC(C1)N2C(=O)OC(C)(C)C. The number of unbranched alkanes of at least 4 members (excludes halogenated alkanes) is 6. The fourth-order valence-corrected chi connectivity index (χ4v) is 4.51. The van der Waals surface area contributed by atoms with Crippen molar-refractivity contribution in [2.24, 2.45) is 5.92 Å². The first kappa shape index (κ1) is 21.2. The van der Waals surface area contributed by atoms with Crippen LogP contribution < -0.4 is 0 Å². The monoisotopic (exact) mass is 365 g/mol. The second-order valence-corrected chi connectivity index (χ2v) is 9.28. The van der Waals surface area contributed by atoms with Crippen LogP contribution in [0.1, 0.15) is 105 Å². The number of nitrogens with zero attached hydrogens (tertiary/aromatic N) is 1. The average Bonchev–Trinajstić information content (AvgIpc) is 2.82. The second-order valence-electron chi connectivity index (χ2n) is 9.28. The minimum Gasteiger partial charge on any atom is -0.444 e. The van der Waals surface area contributed by atoms with E-state index in [1.807, 2.05) is 25.7 Å². The van der Waals surface area contributed by atoms with Crippen molar-refractivity contribution in [3.63, 3.8) is 0 Å². The number of Topliss-reactive ketones (excluding diaryl/α,β-unsaturated/α-hetero) is 1. The number of fused-ring (bicyclic) bond motifs is 2. The van der Waals surface area contributed by atoms with Crippen molar-refractivity contribution in [3.05, 3.63) is 0 Å². The van der Waals surface area contributed by atoms with Crippen molar-refractivity contribution in [3.8, 4) is 0 Å². The summed E-state index contributed by atoms with van der Waals surface area (Å²) < 4.78 is 5.58. The Balaban J connectivity index is 1.72. The average molecular weight is 366 g/mol. The fraction of sp³-hybridized carbons (Fsp3) is 0.909. The zero-order chi connectivity index (χ0) is 19.2. The van der Waals surface area contributed by atoms with E-state index in [1.54, 1.807) is 0 Å². The first-order chi connectivity index (χ1) is 12.3. The molecule has 2 heterocycles. The standard InChI is InChI=1S/C22H39NO3/c1-5-6-7-8-9-10-11-12-20(24)17-15-18-13-14-19(16-17)23(18)21(25)26-22(2,3)4/h17-19H,5-16H2,1-4H3. The Bertz CT molecular complexity index is 454. The number of ether oxygens (including phenoxy) is 1. The molecule has 2 atom stereocenters. The van der Waals surface area contributed by atoms with Gasteiger partial charge in [-0.1, -0.05) is 45.4 Å². The van der Waals surface area contributed by atoms with Crippen LogP contribution in [-0.2, 0) is 9.53 Å². The number of amides is 1. The highest BCUT2D eigenvalue weighted by molar-refractivity contribution is 5.81. The maximum Gasteiger partial charge on any atom is 0.410 e. The molecule has 2 unspecified atom stereocenters. The third kappa shape index (κ3) is 6.28. The Hall–Kier alpha value is -1.06. The first-order valence-corrected chi connectivity index (χ1v) is 10.9. The van der Waals surface area contributed by atoms with E-state index in [0.29, 0.717) is 5.78 Å². The van der Waals surface area contributed by atoms with Crippen LogP contribution in [0.25, 0.3) is 0 Å². The third-order valence-corrected chi connectivity index (χ3v) is 5.82. The molecule has 2 aliphatic heterocycles. The van der Waals surface area contributed by atoms with Crippen molar-refractivity contribution in [1.29, 1.82) is 0 Å². The van der Waals surface area contributed by atoms with E-state index in [2.05, 4.69) is 6.92 Å². The molecule has 2 bridgehead atoms. The maximum absolute atomic E-state index is 12.6. The molecule has 1 amide bonds. The molecular weight excluding hydrogens is 326 g/mol. The van der Waals surface area contributed by atoms with Crippen LogP contribution in [0.4, 0.5) is 4.79 Å². The summed E-state index contributed by atoms with van der Waals surface area (Å²) in [6.45, 7) is 7.96. The van der Waals surface area contributed by atoms with Gasteiger partial charge in [-0.15, -0.1) is 0 Å². The summed E-state index contributed by atoms with van der Waals surface area (Å²) in [7, 11) is 0. The van der Waals surface area contributed by atoms with Crippen LogP contribution in [0, 0.1) is 5.92 Å². The Morgan fingerprint density at radius 2 is 1.46 bits per heavy atom. The zero-order valence-electron chi connectivity index (χ0n) is 17.4. The Labute approximate surface area is 160 Å². The number of ketones is 1. The van der Waals surface area contributed by atoms with E-state index in [-0.39, 0.29) is 24.1 Å². The van der Waals surface area contributed by atoms with Gasteiger partial charge in [-0.05, 0) is 52.9 Å². The minimum atomic E-state index is -0.458. The third-order valence-electron chi connectivity index (χ3n) is 5.82. The van der Waals surface area contributed by atoms with Crippen molar-refractivity contribution < 1.29 is 14.3 Å². The summed E-state index contributed by atoms with van der Waals surface area (Å²) >= 11 is 0. The van der Waals surface area contributed by atoms with Gasteiger partial charge in [0.1, 0.15) is 11.4 Å². The van der Waals surface area contributed by atoms with Crippen LogP contribution >= 0.6 is 0 Å². The summed E-state index contributed by atoms with van der Waals surface area (Å²) in [6.07, 6.45) is 13.0. The van der Waals surface area contributed by atoms with Crippen LogP contribution in [0.5, 0.6) is 0 Å². The summed E-state index contributed by atoms with van der Waals surface area (Å²) in [5.74, 6) is 0.588. The molecule has 0 radical (unpaired) electrons. The van der Waals surface area contributed by atoms with Gasteiger partial charge < -0.3 is 9.64 Å². The lowest BCUT2D eigenvalue weighted by atomic mass is 9.85. The molecule has 2 saturated heterocycles. The van der Waals surface area contributed by atoms with Gasteiger partial charge in [-0.3, -0.25) is 4.79 Å². The van der Waals surface area contributed by atoms with E-state index < -0.39 is 5.60 Å². The molecule has 0 aliphatic carbocycles. The number of hydrogen-bond donors (Lipinski definition) is 0. The van der Waals surface area contributed by atoms with Crippen molar-refractivity contribution in [2.75, 3.05) is 0 Å². The second kappa shape index (κ2) is 9.75. The first-order valence-electron chi connectivity index (χ1n) is 10.9. The van der Waals surface area contributed by atoms with Crippen LogP contribution in [0.15, 0.2) is 0 Å². The van der Waals surface area contributed by atoms with Crippen molar-refractivity contribution >= 4 is 11.9 Å². The van der Waals surface area contributed by atoms with E-state index in [9.17, 15) is 9.59 Å². The van der Waals surface area contributed by atoms with Crippen molar-refractivity contribution in [2.45, 2.75) is 122 Å². The molecule has 2 aliphatic rings. The molecule has 26 heavy (non-hydrogen) atoms. The highest BCUT2D eigenvalue weighted by atomic mass is 16.6. The van der Waals surface area contributed by atoms with Gasteiger partial charge >= 0.3 is 6.09 Å². The largest absolute Gasteiger partial charge is 0.444 e. The molecule has 0 N–H and O–H groups in total. The predicted molar refractivity (Wildman–Crippen MR) is 105 cm³/mol. The molecule has 0 aromatic rings. The van der Waals surface area contributed by atoms with Gasteiger partial charge in [-0.25, -0.2) is 4.79 Å². The fourth-order valence-electron chi connectivity index (χ4n) is 4.51. The van der Waals surface area contributed by atoms with Gasteiger partial charge in [0.15, 0.2) is 0 Å². The highest BCUT2D eigenvalue weighted by Gasteiger charge is 2.46. The summed E-state index contributed by atoms with van der Waals surface area (Å²) in [5, 5.41) is 0. The van der Waals surface area contributed by atoms with E-state index in [1.165, 1.54) is 38.5 Å². The van der Waals surface area contributed by atoms with E-state index in [4.69, 9.17) is 4.74 Å². The number of carbonyl (C=O) groups is 2. The summed E-state index contributed by atoms with van der Waals surface area (Å²) in [4.78, 5) is 27.0.